The molecule has 4 heterocycles. The maximum atomic E-state index is 15.6. The molecule has 4 N–H and O–H groups in total. The average molecular weight is 1410 g/mol. The minimum Gasteiger partial charge on any atom is -0.343 e. The van der Waals surface area contributed by atoms with Crippen LogP contribution < -0.4 is 21.3 Å². The van der Waals surface area contributed by atoms with Gasteiger partial charge in [0.05, 0.1) is 23.6 Å². The van der Waals surface area contributed by atoms with E-state index in [4.69, 9.17) is 11.6 Å². The quantitative estimate of drug-likeness (QED) is 0.216. The second kappa shape index (κ2) is 33.6. The topological polar surface area (TPSA) is 279 Å². The van der Waals surface area contributed by atoms with Crippen LogP contribution >= 0.6 is 11.6 Å². The largest absolute Gasteiger partial charge is 0.417 e. The molecule has 1 aromatic rings. The van der Waals surface area contributed by atoms with E-state index in [0.717, 1.165) is 62.0 Å². The number of aryl methyl sites for hydroxylation is 1. The van der Waals surface area contributed by atoms with Crippen molar-refractivity contribution < 1.29 is 70.7 Å². The zero-order valence-electron chi connectivity index (χ0n) is 59.5. The fourth-order valence-corrected chi connectivity index (χ4v) is 16.1. The lowest BCUT2D eigenvalue weighted by molar-refractivity contribution is -0.158. The Morgan fingerprint density at radius 1 is 0.646 bits per heavy atom. The number of likely N-dealkylation sites (N-methyl/N-ethyl adjacent to an activating group) is 5. The summed E-state index contributed by atoms with van der Waals surface area (Å²) < 4.78 is 41.6. The zero-order valence-corrected chi connectivity index (χ0v) is 60.3. The molecule has 99 heavy (non-hydrogen) atoms. The molecule has 0 unspecified atom stereocenters. The van der Waals surface area contributed by atoms with Gasteiger partial charge < -0.3 is 60.5 Å². The van der Waals surface area contributed by atoms with Crippen LogP contribution in [0.15, 0.2) is 18.2 Å². The molecule has 4 saturated heterocycles. The summed E-state index contributed by atoms with van der Waals surface area (Å²) >= 11 is 6.16. The average Bonchev–Trinajstić information content (AvgIpc) is 1.08. The van der Waals surface area contributed by atoms with Crippen LogP contribution in [0, 0.1) is 23.7 Å². The lowest BCUT2D eigenvalue weighted by Crippen LogP contribution is -2.65. The number of rotatable bonds is 11. The maximum absolute atomic E-state index is 15.6. The van der Waals surface area contributed by atoms with Crippen LogP contribution in [-0.4, -0.2) is 238 Å². The van der Waals surface area contributed by atoms with Gasteiger partial charge in [0, 0.05) is 61.4 Å². The SMILES string of the molecule is CC[C@H](C)[C@@H]1NC(=O)[C@H](CC(C)C)N(C)C(=O)C[C@@H](C(=O)N2CCC2)N(C)C(=O)[C@H](C2CCCC2)N(C)C(=O)C2(CCCC2)NC(=O)[C@@H]2CCCN2C(=O)[C@H](CCc2ccc(C(F)(F)F)c(Cl)c2)NC(=O)CN(C)C(=O)[C@H](CC2CCCCC2)N(C)C(=O)[C@@H]2CCN2C(=O)[C@H](C)NC1=O. The predicted octanol–water partition coefficient (Wildman–Crippen LogP) is 5.44. The fourth-order valence-electron chi connectivity index (χ4n) is 15.8. The van der Waals surface area contributed by atoms with Crippen LogP contribution in [0.4, 0.5) is 13.2 Å². The Balaban J connectivity index is 1.16. The summed E-state index contributed by atoms with van der Waals surface area (Å²) in [6.07, 6.45) is 4.97. The summed E-state index contributed by atoms with van der Waals surface area (Å²) in [5, 5.41) is 10.9. The first-order chi connectivity index (χ1) is 46.8. The number of hydrogen-bond donors (Lipinski definition) is 4. The Morgan fingerprint density at radius 3 is 1.88 bits per heavy atom. The van der Waals surface area contributed by atoms with Gasteiger partial charge in [-0.15, -0.1) is 0 Å². The number of amides is 12. The van der Waals surface area contributed by atoms with Gasteiger partial charge in [-0.1, -0.05) is 110 Å². The standard InChI is InChI=1S/C71H106ClF3N12O12/c1-11-43(4)58-62(92)76-44(5)63(93)87-36-30-52(87)66(96)82(8)54(39-45-21-13-12-14-22-45)65(95)80(6)41-56(88)77-50(29-27-46-26-28-48(49(72)38-46)71(73,74)75)64(94)86-35-19-25-51(86)61(91)79-70(31-17-18-32-70)69(99)84(10)59(47-23-15-16-24-47)68(98)83(9)55(67(97)85-33-20-34-85)40-57(89)81(7)53(37-42(2)3)60(90)78-58/h26,28,38,42-45,47,50-55,58-59H,11-25,27,29-37,39-41H2,1-10H3,(H,76,92)(H,77,88)(H,78,90)(H,79,91)/t43-,44-,50-,51-,52-,53-,54-,55-,58-,59-/m0/s1. The number of fused-ring (bicyclic) bond motifs is 2. The van der Waals surface area contributed by atoms with Crippen molar-refractivity contribution in [3.8, 4) is 0 Å². The smallest absolute Gasteiger partial charge is 0.343 e. The van der Waals surface area contributed by atoms with Gasteiger partial charge in [-0.2, -0.15) is 13.2 Å². The Labute approximate surface area is 585 Å². The van der Waals surface area contributed by atoms with Crippen LogP contribution in [0.3, 0.4) is 0 Å². The summed E-state index contributed by atoms with van der Waals surface area (Å²) in [6, 6.07) is -7.72. The second-order valence-electron chi connectivity index (χ2n) is 29.7. The summed E-state index contributed by atoms with van der Waals surface area (Å²) in [6.45, 7) is 9.12. The van der Waals surface area contributed by atoms with Crippen LogP contribution in [-0.2, 0) is 70.1 Å². The first kappa shape index (κ1) is 77.7. The molecule has 4 aliphatic heterocycles. The molecular formula is C71H106ClF3N12O12. The van der Waals surface area contributed by atoms with E-state index < -0.39 is 166 Å². The van der Waals surface area contributed by atoms with Gasteiger partial charge >= 0.3 is 6.18 Å². The van der Waals surface area contributed by atoms with Gasteiger partial charge in [0.15, 0.2) is 0 Å². The number of nitrogens with one attached hydrogen (secondary N) is 4. The molecule has 0 aromatic heterocycles. The van der Waals surface area contributed by atoms with E-state index >= 15 is 19.2 Å². The van der Waals surface area contributed by atoms with E-state index in [1.54, 1.807) is 11.8 Å². The van der Waals surface area contributed by atoms with Crippen molar-refractivity contribution in [2.45, 2.75) is 248 Å². The molecule has 3 aliphatic carbocycles. The van der Waals surface area contributed by atoms with E-state index in [9.17, 15) is 51.5 Å². The first-order valence-corrected chi connectivity index (χ1v) is 36.4. The number of halogens is 4. The van der Waals surface area contributed by atoms with E-state index in [1.807, 2.05) is 20.8 Å². The van der Waals surface area contributed by atoms with Gasteiger partial charge in [-0.25, -0.2) is 0 Å². The lowest BCUT2D eigenvalue weighted by Gasteiger charge is -2.44. The molecule has 7 fully saturated rings. The minimum absolute atomic E-state index is 0.0257. The molecule has 550 valence electrons. The molecular weight excluding hydrogens is 1310 g/mol. The fraction of sp³-hybridized carbons (Fsp3) is 0.746. The Kier molecular flexibility index (Phi) is 26.4. The van der Waals surface area contributed by atoms with E-state index in [-0.39, 0.29) is 82.2 Å². The monoisotopic (exact) mass is 1410 g/mol. The zero-order chi connectivity index (χ0) is 72.5. The van der Waals surface area contributed by atoms with E-state index in [1.165, 1.54) is 77.6 Å². The molecule has 0 bridgehead atoms. The summed E-state index contributed by atoms with van der Waals surface area (Å²) in [5.41, 5.74) is -2.32. The van der Waals surface area contributed by atoms with Crippen molar-refractivity contribution >= 4 is 82.5 Å². The number of hydrogen-bond acceptors (Lipinski definition) is 12. The van der Waals surface area contributed by atoms with Gasteiger partial charge in [0.1, 0.15) is 59.9 Å². The van der Waals surface area contributed by atoms with Crippen molar-refractivity contribution in [1.29, 1.82) is 0 Å². The number of likely N-dealkylation sites (tertiary alicyclic amines) is 1. The number of benzene rings is 1. The Hall–Kier alpha value is -7.06. The molecule has 3 saturated carbocycles. The van der Waals surface area contributed by atoms with Crippen LogP contribution in [0.5, 0.6) is 0 Å². The highest BCUT2D eigenvalue weighted by atomic mass is 35.5. The third-order valence-electron chi connectivity index (χ3n) is 22.3. The van der Waals surface area contributed by atoms with Crippen molar-refractivity contribution in [1.82, 2.24) is 60.5 Å². The molecule has 28 heteroatoms. The normalized spacial score (nSPS) is 28.6. The second-order valence-corrected chi connectivity index (χ2v) is 30.1. The van der Waals surface area contributed by atoms with Gasteiger partial charge in [0.25, 0.3) is 0 Å². The van der Waals surface area contributed by atoms with Crippen molar-refractivity contribution in [3.05, 3.63) is 34.3 Å². The van der Waals surface area contributed by atoms with Crippen molar-refractivity contribution in [2.24, 2.45) is 23.7 Å². The molecule has 24 nitrogen and oxygen atoms in total. The highest BCUT2D eigenvalue weighted by Gasteiger charge is 2.52. The third-order valence-corrected chi connectivity index (χ3v) is 22.7. The van der Waals surface area contributed by atoms with Crippen LogP contribution in [0.1, 0.15) is 187 Å². The molecule has 0 radical (unpaired) electrons. The van der Waals surface area contributed by atoms with Crippen molar-refractivity contribution in [3.63, 3.8) is 0 Å². The molecule has 12 amide bonds. The van der Waals surface area contributed by atoms with Crippen LogP contribution in [0.2, 0.25) is 5.02 Å². The summed E-state index contributed by atoms with van der Waals surface area (Å²) in [7, 11) is 7.25. The number of alkyl halides is 3. The van der Waals surface area contributed by atoms with Crippen LogP contribution in [0.25, 0.3) is 0 Å². The van der Waals surface area contributed by atoms with Gasteiger partial charge in [-0.05, 0) is 125 Å². The molecule has 8 rings (SSSR count). The van der Waals surface area contributed by atoms with E-state index in [2.05, 4.69) is 21.3 Å². The molecule has 10 atom stereocenters. The molecule has 7 aliphatic rings. The third kappa shape index (κ3) is 18.2. The molecule has 1 aromatic carbocycles. The van der Waals surface area contributed by atoms with Crippen molar-refractivity contribution in [2.75, 3.05) is 68.0 Å². The van der Waals surface area contributed by atoms with E-state index in [0.29, 0.717) is 63.6 Å². The number of carbonyl (C=O) groups excluding carboxylic acids is 12. The Morgan fingerprint density at radius 2 is 1.29 bits per heavy atom. The Bertz CT molecular complexity index is 3150. The summed E-state index contributed by atoms with van der Waals surface area (Å²) in [4.78, 5) is 190. The van der Waals surface area contributed by atoms with Gasteiger partial charge in [-0.3, -0.25) is 57.5 Å². The molecule has 1 spiro atoms. The predicted molar refractivity (Wildman–Crippen MR) is 362 cm³/mol. The number of carbonyl (C=O) groups is 12. The first-order valence-electron chi connectivity index (χ1n) is 36.1. The highest BCUT2D eigenvalue weighted by molar-refractivity contribution is 6.31. The maximum Gasteiger partial charge on any atom is 0.417 e. The lowest BCUT2D eigenvalue weighted by atomic mass is 9.84. The minimum atomic E-state index is -4.76. The highest BCUT2D eigenvalue weighted by Crippen LogP contribution is 2.39. The van der Waals surface area contributed by atoms with Gasteiger partial charge in [0.2, 0.25) is 70.9 Å². The summed E-state index contributed by atoms with van der Waals surface area (Å²) in [5.74, 6) is -8.62. The number of nitrogens with zero attached hydrogens (tertiary/aromatic N) is 8.